The van der Waals surface area contributed by atoms with Crippen molar-refractivity contribution in [3.05, 3.63) is 23.5 Å². The Kier molecular flexibility index (Phi) is 2.33. The summed E-state index contributed by atoms with van der Waals surface area (Å²) in [5.74, 6) is 0.472. The zero-order chi connectivity index (χ0) is 11.1. The van der Waals surface area contributed by atoms with E-state index in [1.54, 1.807) is 12.1 Å². The molecule has 0 amide bonds. The lowest BCUT2D eigenvalue weighted by atomic mass is 9.86. The fourth-order valence-electron chi connectivity index (χ4n) is 1.66. The number of rotatable bonds is 0. The average Bonchev–Trinajstić information content (AvgIpc) is 2.16. The van der Waals surface area contributed by atoms with Crippen molar-refractivity contribution in [1.29, 1.82) is 0 Å². The molecule has 1 heterocycles. The van der Waals surface area contributed by atoms with Gasteiger partial charge in [-0.2, -0.15) is 0 Å². The second kappa shape index (κ2) is 3.40. The van der Waals surface area contributed by atoms with E-state index in [-0.39, 0.29) is 17.0 Å². The van der Waals surface area contributed by atoms with Crippen LogP contribution in [0.15, 0.2) is 12.1 Å². The number of ether oxygens (including phenoxy) is 2. The summed E-state index contributed by atoms with van der Waals surface area (Å²) in [6.45, 7) is 6.82. The molecule has 0 N–H and O–H groups in total. The average molecular weight is 210 g/mol. The van der Waals surface area contributed by atoms with Crippen molar-refractivity contribution in [2.45, 2.75) is 26.2 Å². The molecule has 0 bridgehead atoms. The van der Waals surface area contributed by atoms with Crippen LogP contribution < -0.4 is 9.47 Å². The van der Waals surface area contributed by atoms with Crippen LogP contribution in [0.2, 0.25) is 0 Å². The van der Waals surface area contributed by atoms with Gasteiger partial charge in [-0.1, -0.05) is 26.8 Å². The van der Waals surface area contributed by atoms with Gasteiger partial charge in [-0.05, 0) is 17.0 Å². The molecule has 0 fully saturated rings. The van der Waals surface area contributed by atoms with Gasteiger partial charge in [0.1, 0.15) is 13.2 Å². The minimum Gasteiger partial charge on any atom is -0.486 e. The van der Waals surface area contributed by atoms with Crippen LogP contribution in [0.3, 0.4) is 0 Å². The van der Waals surface area contributed by atoms with Gasteiger partial charge in [-0.15, -0.1) is 0 Å². The summed E-state index contributed by atoms with van der Waals surface area (Å²) >= 11 is 0. The maximum Gasteiger partial charge on any atom is 0.197 e. The summed E-state index contributed by atoms with van der Waals surface area (Å²) in [6.07, 6.45) is 0. The molecule has 1 aliphatic rings. The Morgan fingerprint density at radius 2 is 1.80 bits per heavy atom. The number of hydrogen-bond acceptors (Lipinski definition) is 2. The van der Waals surface area contributed by atoms with Crippen molar-refractivity contribution in [2.75, 3.05) is 13.2 Å². The van der Waals surface area contributed by atoms with Gasteiger partial charge in [0.25, 0.3) is 0 Å². The van der Waals surface area contributed by atoms with Crippen molar-refractivity contribution in [1.82, 2.24) is 0 Å². The van der Waals surface area contributed by atoms with Crippen LogP contribution in [-0.4, -0.2) is 13.2 Å². The van der Waals surface area contributed by atoms with Crippen molar-refractivity contribution in [3.8, 4) is 11.5 Å². The van der Waals surface area contributed by atoms with Gasteiger partial charge in [-0.25, -0.2) is 4.39 Å². The summed E-state index contributed by atoms with van der Waals surface area (Å²) in [5, 5.41) is 0. The smallest absolute Gasteiger partial charge is 0.197 e. The van der Waals surface area contributed by atoms with Gasteiger partial charge in [0, 0.05) is 0 Å². The second-order valence-corrected chi connectivity index (χ2v) is 4.70. The molecule has 1 aliphatic heterocycles. The molecule has 3 heteroatoms. The molecule has 2 rings (SSSR count). The fourth-order valence-corrected chi connectivity index (χ4v) is 1.66. The standard InChI is InChI=1S/C12H15FO2/c1-12(2,3)8-4-5-9-11(10(8)13)15-7-6-14-9/h4-5H,6-7H2,1-3H3. The minimum atomic E-state index is -0.292. The molecule has 0 unspecified atom stereocenters. The van der Waals surface area contributed by atoms with Gasteiger partial charge in [-0.3, -0.25) is 0 Å². The van der Waals surface area contributed by atoms with Crippen molar-refractivity contribution in [3.63, 3.8) is 0 Å². The van der Waals surface area contributed by atoms with Crippen LogP contribution in [0.5, 0.6) is 11.5 Å². The maximum atomic E-state index is 14.0. The first kappa shape index (κ1) is 10.3. The Morgan fingerprint density at radius 1 is 1.13 bits per heavy atom. The predicted octanol–water partition coefficient (Wildman–Crippen LogP) is 2.89. The summed E-state index contributed by atoms with van der Waals surface area (Å²) in [7, 11) is 0. The fraction of sp³-hybridized carbons (Fsp3) is 0.500. The first-order valence-corrected chi connectivity index (χ1v) is 5.09. The predicted molar refractivity (Wildman–Crippen MR) is 56.1 cm³/mol. The Balaban J connectivity index is 2.53. The largest absolute Gasteiger partial charge is 0.486 e. The van der Waals surface area contributed by atoms with E-state index in [9.17, 15) is 4.39 Å². The Bertz CT molecular complexity index is 380. The third-order valence-corrected chi connectivity index (χ3v) is 2.46. The molecular formula is C12H15FO2. The zero-order valence-electron chi connectivity index (χ0n) is 9.26. The first-order valence-electron chi connectivity index (χ1n) is 5.09. The van der Waals surface area contributed by atoms with E-state index >= 15 is 0 Å². The van der Waals surface area contributed by atoms with Gasteiger partial charge < -0.3 is 9.47 Å². The number of fused-ring (bicyclic) bond motifs is 1. The SMILES string of the molecule is CC(C)(C)c1ccc2c(c1F)OCCO2. The molecule has 0 saturated heterocycles. The molecule has 0 atom stereocenters. The molecule has 0 saturated carbocycles. The van der Waals surface area contributed by atoms with Crippen LogP contribution in [0.25, 0.3) is 0 Å². The minimum absolute atomic E-state index is 0.222. The van der Waals surface area contributed by atoms with E-state index in [2.05, 4.69) is 0 Å². The van der Waals surface area contributed by atoms with Crippen molar-refractivity contribution in [2.24, 2.45) is 0 Å². The molecule has 82 valence electrons. The van der Waals surface area contributed by atoms with Crippen LogP contribution >= 0.6 is 0 Å². The molecule has 1 aromatic rings. The van der Waals surface area contributed by atoms with E-state index in [1.165, 1.54) is 0 Å². The molecule has 2 nitrogen and oxygen atoms in total. The van der Waals surface area contributed by atoms with Crippen molar-refractivity contribution < 1.29 is 13.9 Å². The van der Waals surface area contributed by atoms with Gasteiger partial charge in [0.2, 0.25) is 0 Å². The number of benzene rings is 1. The van der Waals surface area contributed by atoms with Gasteiger partial charge >= 0.3 is 0 Å². The first-order chi connectivity index (χ1) is 7.00. The Labute approximate surface area is 89.0 Å². The van der Waals surface area contributed by atoms with Crippen LogP contribution in [0.4, 0.5) is 4.39 Å². The maximum absolute atomic E-state index is 14.0. The highest BCUT2D eigenvalue weighted by Crippen LogP contribution is 2.38. The molecule has 0 aliphatic carbocycles. The van der Waals surface area contributed by atoms with E-state index in [1.807, 2.05) is 20.8 Å². The van der Waals surface area contributed by atoms with E-state index in [4.69, 9.17) is 9.47 Å². The number of hydrogen-bond donors (Lipinski definition) is 0. The third-order valence-electron chi connectivity index (χ3n) is 2.46. The summed E-state index contributed by atoms with van der Waals surface area (Å²) in [5.41, 5.74) is 0.437. The highest BCUT2D eigenvalue weighted by atomic mass is 19.1. The Hall–Kier alpha value is -1.25. The van der Waals surface area contributed by atoms with Crippen molar-refractivity contribution >= 4 is 0 Å². The third kappa shape index (κ3) is 1.78. The molecule has 0 aromatic heterocycles. The molecule has 15 heavy (non-hydrogen) atoms. The lowest BCUT2D eigenvalue weighted by molar-refractivity contribution is 0.163. The topological polar surface area (TPSA) is 18.5 Å². The quantitative estimate of drug-likeness (QED) is 0.655. The Morgan fingerprint density at radius 3 is 2.47 bits per heavy atom. The zero-order valence-corrected chi connectivity index (χ0v) is 9.26. The van der Waals surface area contributed by atoms with E-state index in [0.29, 0.717) is 24.5 Å². The van der Waals surface area contributed by atoms with Gasteiger partial charge in [0.15, 0.2) is 17.3 Å². The molecule has 0 radical (unpaired) electrons. The van der Waals surface area contributed by atoms with Crippen LogP contribution in [-0.2, 0) is 5.41 Å². The van der Waals surface area contributed by atoms with Crippen LogP contribution in [0, 0.1) is 5.82 Å². The lowest BCUT2D eigenvalue weighted by Gasteiger charge is -2.24. The second-order valence-electron chi connectivity index (χ2n) is 4.70. The molecule has 1 aromatic carbocycles. The summed E-state index contributed by atoms with van der Waals surface area (Å²) in [6, 6.07) is 3.54. The van der Waals surface area contributed by atoms with Crippen LogP contribution in [0.1, 0.15) is 26.3 Å². The molecule has 0 spiro atoms. The highest BCUT2D eigenvalue weighted by molar-refractivity contribution is 5.47. The normalized spacial score (nSPS) is 15.2. The lowest BCUT2D eigenvalue weighted by Crippen LogP contribution is -2.20. The highest BCUT2D eigenvalue weighted by Gasteiger charge is 2.25. The monoisotopic (exact) mass is 210 g/mol. The van der Waals surface area contributed by atoms with E-state index in [0.717, 1.165) is 0 Å². The number of halogens is 1. The van der Waals surface area contributed by atoms with Gasteiger partial charge in [0.05, 0.1) is 0 Å². The molecular weight excluding hydrogens is 195 g/mol. The summed E-state index contributed by atoms with van der Waals surface area (Å²) in [4.78, 5) is 0. The van der Waals surface area contributed by atoms with E-state index < -0.39 is 0 Å². The summed E-state index contributed by atoms with van der Waals surface area (Å²) < 4.78 is 24.6.